The van der Waals surface area contributed by atoms with Crippen molar-refractivity contribution in [3.05, 3.63) is 20.8 Å². The summed E-state index contributed by atoms with van der Waals surface area (Å²) in [6, 6.07) is 1.71. The van der Waals surface area contributed by atoms with E-state index in [1.54, 1.807) is 6.07 Å². The molecule has 0 aliphatic rings. The Morgan fingerprint density at radius 1 is 1.50 bits per heavy atom. The summed E-state index contributed by atoms with van der Waals surface area (Å²) in [7, 11) is 1.91. The first kappa shape index (κ1) is 9.35. The van der Waals surface area contributed by atoms with Crippen molar-refractivity contribution in [2.45, 2.75) is 6.42 Å². The van der Waals surface area contributed by atoms with Crippen LogP contribution in [0, 0.1) is 4.51 Å². The molecule has 2 N–H and O–H groups in total. The largest absolute Gasteiger partial charge is 0.382 e. The third-order valence-corrected chi connectivity index (χ3v) is 1.97. The van der Waals surface area contributed by atoms with Crippen LogP contribution in [0.3, 0.4) is 0 Å². The monoisotopic (exact) mass is 184 g/mol. The lowest BCUT2D eigenvalue weighted by molar-refractivity contribution is 0.747. The van der Waals surface area contributed by atoms with Crippen LogP contribution in [0.25, 0.3) is 0 Å². The molecule has 0 saturated heterocycles. The Balaban J connectivity index is 2.23. The van der Waals surface area contributed by atoms with E-state index in [2.05, 4.69) is 10.6 Å². The van der Waals surface area contributed by atoms with Gasteiger partial charge in [-0.05, 0) is 26.1 Å². The van der Waals surface area contributed by atoms with Crippen LogP contribution in [-0.4, -0.2) is 20.1 Å². The standard InChI is InChI=1S/C8H12N2OS/c1-9-3-2-4-10-6-5-7(12)8(6)11/h5,9-10H,2-4H2,1H3. The molecule has 0 spiro atoms. The summed E-state index contributed by atoms with van der Waals surface area (Å²) in [6.07, 6.45) is 1.01. The van der Waals surface area contributed by atoms with E-state index in [1.807, 2.05) is 7.05 Å². The van der Waals surface area contributed by atoms with E-state index in [0.29, 0.717) is 10.2 Å². The highest BCUT2D eigenvalue weighted by Crippen LogP contribution is 2.02. The fourth-order valence-corrected chi connectivity index (χ4v) is 1.16. The number of hydrogen-bond acceptors (Lipinski definition) is 4. The predicted octanol–water partition coefficient (Wildman–Crippen LogP) is 0.673. The van der Waals surface area contributed by atoms with Crippen LogP contribution in [0.15, 0.2) is 10.9 Å². The minimum atomic E-state index is -0.0190. The molecule has 0 aromatic heterocycles. The summed E-state index contributed by atoms with van der Waals surface area (Å²) in [6.45, 7) is 1.78. The normalized spacial score (nSPS) is 10.4. The molecule has 66 valence electrons. The summed E-state index contributed by atoms with van der Waals surface area (Å²) < 4.78 is 0.436. The highest BCUT2D eigenvalue weighted by molar-refractivity contribution is 7.71. The summed E-state index contributed by atoms with van der Waals surface area (Å²) >= 11 is 4.71. The lowest BCUT2D eigenvalue weighted by atomic mass is 10.2. The fourth-order valence-electron chi connectivity index (χ4n) is 0.937. The Morgan fingerprint density at radius 3 is 2.75 bits per heavy atom. The van der Waals surface area contributed by atoms with Gasteiger partial charge in [-0.2, -0.15) is 0 Å². The average Bonchev–Trinajstić information content (AvgIpc) is 2.10. The van der Waals surface area contributed by atoms with Gasteiger partial charge in [0.25, 0.3) is 0 Å². The van der Waals surface area contributed by atoms with Crippen molar-refractivity contribution >= 4 is 17.9 Å². The maximum absolute atomic E-state index is 10.9. The van der Waals surface area contributed by atoms with Gasteiger partial charge in [-0.3, -0.25) is 4.79 Å². The Labute approximate surface area is 76.5 Å². The van der Waals surface area contributed by atoms with Gasteiger partial charge in [0.1, 0.15) is 0 Å². The number of hydrogen-bond donors (Lipinski definition) is 2. The average molecular weight is 184 g/mol. The molecule has 0 aliphatic heterocycles. The highest BCUT2D eigenvalue weighted by Gasteiger charge is 2.03. The molecule has 0 aliphatic carbocycles. The molecule has 1 aromatic carbocycles. The van der Waals surface area contributed by atoms with Crippen LogP contribution in [0.5, 0.6) is 0 Å². The maximum Gasteiger partial charge on any atom is 0.219 e. The zero-order valence-corrected chi connectivity index (χ0v) is 7.83. The minimum absolute atomic E-state index is 0.0190. The third kappa shape index (κ3) is 2.12. The van der Waals surface area contributed by atoms with Crippen molar-refractivity contribution in [1.82, 2.24) is 5.32 Å². The SMILES string of the molecule is CNCCCNc1cc(=S)c1=O. The van der Waals surface area contributed by atoms with E-state index in [-0.39, 0.29) is 5.43 Å². The van der Waals surface area contributed by atoms with Crippen LogP contribution in [0.2, 0.25) is 0 Å². The molecule has 0 saturated carbocycles. The molecule has 4 heteroatoms. The van der Waals surface area contributed by atoms with Gasteiger partial charge in [0.15, 0.2) is 0 Å². The molecule has 0 atom stereocenters. The van der Waals surface area contributed by atoms with Crippen molar-refractivity contribution < 1.29 is 0 Å². The van der Waals surface area contributed by atoms with Crippen molar-refractivity contribution in [3.63, 3.8) is 0 Å². The van der Waals surface area contributed by atoms with Crippen LogP contribution >= 0.6 is 12.2 Å². The predicted molar refractivity (Wildman–Crippen MR) is 53.0 cm³/mol. The second-order valence-corrected chi connectivity index (χ2v) is 3.08. The first-order valence-electron chi connectivity index (χ1n) is 3.94. The van der Waals surface area contributed by atoms with Gasteiger partial charge in [0, 0.05) is 6.54 Å². The molecular formula is C8H12N2OS. The van der Waals surface area contributed by atoms with Crippen molar-refractivity contribution in [2.24, 2.45) is 0 Å². The number of nitrogens with one attached hydrogen (secondary N) is 2. The second kappa shape index (κ2) is 4.33. The minimum Gasteiger partial charge on any atom is -0.382 e. The topological polar surface area (TPSA) is 41.1 Å². The first-order valence-corrected chi connectivity index (χ1v) is 4.35. The Hall–Kier alpha value is -0.740. The molecule has 0 fully saturated rings. The lowest BCUT2D eigenvalue weighted by Crippen LogP contribution is -2.19. The van der Waals surface area contributed by atoms with E-state index < -0.39 is 0 Å². The molecule has 0 bridgehead atoms. The van der Waals surface area contributed by atoms with Crippen LogP contribution < -0.4 is 16.1 Å². The van der Waals surface area contributed by atoms with E-state index in [4.69, 9.17) is 12.2 Å². The number of anilines is 1. The van der Waals surface area contributed by atoms with Gasteiger partial charge < -0.3 is 10.6 Å². The van der Waals surface area contributed by atoms with Gasteiger partial charge in [0.2, 0.25) is 5.43 Å². The van der Waals surface area contributed by atoms with E-state index in [9.17, 15) is 4.79 Å². The van der Waals surface area contributed by atoms with Crippen LogP contribution in [0.1, 0.15) is 6.42 Å². The Morgan fingerprint density at radius 2 is 2.25 bits per heavy atom. The number of rotatable bonds is 5. The molecular weight excluding hydrogens is 172 g/mol. The molecule has 0 amide bonds. The van der Waals surface area contributed by atoms with Gasteiger partial charge in [-0.15, -0.1) is 0 Å². The summed E-state index contributed by atoms with van der Waals surface area (Å²) in [4.78, 5) is 10.9. The van der Waals surface area contributed by atoms with E-state index in [0.717, 1.165) is 19.5 Å². The van der Waals surface area contributed by atoms with Crippen LogP contribution in [0.4, 0.5) is 5.69 Å². The van der Waals surface area contributed by atoms with Crippen molar-refractivity contribution in [2.75, 3.05) is 25.5 Å². The Kier molecular flexibility index (Phi) is 3.37. The van der Waals surface area contributed by atoms with Crippen molar-refractivity contribution in [3.8, 4) is 0 Å². The zero-order valence-electron chi connectivity index (χ0n) is 7.02. The van der Waals surface area contributed by atoms with E-state index >= 15 is 0 Å². The summed E-state index contributed by atoms with van der Waals surface area (Å²) in [5.41, 5.74) is 0.644. The molecule has 1 aromatic rings. The van der Waals surface area contributed by atoms with Gasteiger partial charge >= 0.3 is 0 Å². The van der Waals surface area contributed by atoms with Gasteiger partial charge in [-0.25, -0.2) is 0 Å². The second-order valence-electron chi connectivity index (χ2n) is 2.64. The fraction of sp³-hybridized carbons (Fsp3) is 0.500. The highest BCUT2D eigenvalue weighted by atomic mass is 32.1. The zero-order chi connectivity index (χ0) is 8.97. The van der Waals surface area contributed by atoms with Crippen LogP contribution in [-0.2, 0) is 0 Å². The third-order valence-electron chi connectivity index (χ3n) is 1.66. The summed E-state index contributed by atoms with van der Waals surface area (Å²) in [5, 5.41) is 6.05. The lowest BCUT2D eigenvalue weighted by Gasteiger charge is -2.06. The molecule has 1 rings (SSSR count). The molecule has 0 unspecified atom stereocenters. The molecule has 0 heterocycles. The first-order chi connectivity index (χ1) is 5.75. The molecule has 3 nitrogen and oxygen atoms in total. The van der Waals surface area contributed by atoms with Gasteiger partial charge in [0.05, 0.1) is 10.2 Å². The van der Waals surface area contributed by atoms with E-state index in [1.165, 1.54) is 0 Å². The van der Waals surface area contributed by atoms with Crippen molar-refractivity contribution in [1.29, 1.82) is 0 Å². The smallest absolute Gasteiger partial charge is 0.219 e. The maximum atomic E-state index is 10.9. The van der Waals surface area contributed by atoms with Gasteiger partial charge in [-0.1, -0.05) is 12.2 Å². The molecule has 12 heavy (non-hydrogen) atoms. The molecule has 0 radical (unpaired) electrons. The Bertz CT molecular complexity index is 314. The summed E-state index contributed by atoms with van der Waals surface area (Å²) in [5.74, 6) is 0. The quantitative estimate of drug-likeness (QED) is 0.521.